The van der Waals surface area contributed by atoms with Gasteiger partial charge in [-0.25, -0.2) is 4.98 Å². The highest BCUT2D eigenvalue weighted by molar-refractivity contribution is 5.78. The summed E-state index contributed by atoms with van der Waals surface area (Å²) in [5.41, 5.74) is 2.08. The largest absolute Gasteiger partial charge is 0.467 e. The Labute approximate surface area is 146 Å². The van der Waals surface area contributed by atoms with Gasteiger partial charge < -0.3 is 14.3 Å². The molecule has 1 aliphatic heterocycles. The van der Waals surface area contributed by atoms with Gasteiger partial charge in [-0.15, -0.1) is 0 Å². The van der Waals surface area contributed by atoms with Crippen molar-refractivity contribution in [3.05, 3.63) is 48.4 Å². The first-order valence-electron chi connectivity index (χ1n) is 8.67. The first kappa shape index (κ1) is 15.7. The van der Waals surface area contributed by atoms with E-state index in [2.05, 4.69) is 26.9 Å². The molecule has 0 amide bonds. The number of imidazole rings is 1. The van der Waals surface area contributed by atoms with E-state index in [0.29, 0.717) is 19.1 Å². The lowest BCUT2D eigenvalue weighted by Gasteiger charge is -2.31. The van der Waals surface area contributed by atoms with Crippen LogP contribution >= 0.6 is 0 Å². The van der Waals surface area contributed by atoms with Crippen LogP contribution in [0.2, 0.25) is 0 Å². The first-order valence-corrected chi connectivity index (χ1v) is 8.67. The van der Waals surface area contributed by atoms with Crippen molar-refractivity contribution in [3.8, 4) is 6.07 Å². The molecule has 0 spiro atoms. The third-order valence-corrected chi connectivity index (χ3v) is 4.76. The van der Waals surface area contributed by atoms with Gasteiger partial charge in [-0.1, -0.05) is 12.1 Å². The Morgan fingerprint density at radius 3 is 2.80 bits per heavy atom. The number of likely N-dealkylation sites (tertiary alicyclic amines) is 1. The maximum absolute atomic E-state index is 8.83. The van der Waals surface area contributed by atoms with E-state index in [9.17, 15) is 0 Å². The number of nitrogens with one attached hydrogen (secondary N) is 1. The summed E-state index contributed by atoms with van der Waals surface area (Å²) < 4.78 is 7.70. The van der Waals surface area contributed by atoms with Crippen LogP contribution < -0.4 is 5.32 Å². The van der Waals surface area contributed by atoms with Crippen molar-refractivity contribution < 1.29 is 4.42 Å². The highest BCUT2D eigenvalue weighted by Crippen LogP contribution is 2.23. The Kier molecular flexibility index (Phi) is 4.40. The van der Waals surface area contributed by atoms with Gasteiger partial charge in [0, 0.05) is 19.1 Å². The van der Waals surface area contributed by atoms with Crippen molar-refractivity contribution in [1.82, 2.24) is 14.5 Å². The number of rotatable bonds is 5. The van der Waals surface area contributed by atoms with Gasteiger partial charge >= 0.3 is 0 Å². The molecule has 6 nitrogen and oxygen atoms in total. The smallest absolute Gasteiger partial charge is 0.204 e. The number of anilines is 1. The van der Waals surface area contributed by atoms with Crippen LogP contribution in [-0.2, 0) is 6.54 Å². The number of hydrogen-bond donors (Lipinski definition) is 1. The molecule has 0 unspecified atom stereocenters. The number of para-hydroxylation sites is 2. The third kappa shape index (κ3) is 3.37. The zero-order chi connectivity index (χ0) is 17.1. The highest BCUT2D eigenvalue weighted by Gasteiger charge is 2.21. The molecular formula is C19H21N5O. The van der Waals surface area contributed by atoms with Crippen LogP contribution in [0.4, 0.5) is 5.95 Å². The molecule has 0 radical (unpaired) electrons. The summed E-state index contributed by atoms with van der Waals surface area (Å²) in [6.07, 6.45) is 3.74. The molecule has 0 saturated carbocycles. The highest BCUT2D eigenvalue weighted by atomic mass is 16.3. The second kappa shape index (κ2) is 6.99. The third-order valence-electron chi connectivity index (χ3n) is 4.76. The lowest BCUT2D eigenvalue weighted by atomic mass is 10.1. The van der Waals surface area contributed by atoms with Gasteiger partial charge in [-0.3, -0.25) is 4.90 Å². The average Bonchev–Trinajstić information content (AvgIpc) is 3.26. The fraction of sp³-hybridized carbons (Fsp3) is 0.368. The van der Waals surface area contributed by atoms with E-state index in [4.69, 9.17) is 14.7 Å². The molecule has 2 aromatic heterocycles. The van der Waals surface area contributed by atoms with Crippen molar-refractivity contribution in [2.45, 2.75) is 25.4 Å². The van der Waals surface area contributed by atoms with E-state index in [1.54, 1.807) is 6.26 Å². The normalized spacial score (nSPS) is 16.1. The predicted molar refractivity (Wildman–Crippen MR) is 96.2 cm³/mol. The molecular weight excluding hydrogens is 314 g/mol. The van der Waals surface area contributed by atoms with Crippen LogP contribution in [0.3, 0.4) is 0 Å². The standard InChI is InChI=1S/C19H21N5O/c20-9-12-23-10-7-15(8-11-23)21-19-22-17-5-1-2-6-18(17)24(19)14-16-4-3-13-25-16/h1-6,13,15H,7-8,10-12,14H2,(H,21,22). The molecule has 6 heteroatoms. The Bertz CT molecular complexity index is 869. The minimum absolute atomic E-state index is 0.377. The average molecular weight is 335 g/mol. The minimum Gasteiger partial charge on any atom is -0.467 e. The molecule has 1 aromatic carbocycles. The molecule has 128 valence electrons. The van der Waals surface area contributed by atoms with E-state index < -0.39 is 0 Å². The van der Waals surface area contributed by atoms with Gasteiger partial charge in [0.25, 0.3) is 0 Å². The SMILES string of the molecule is N#CCN1CCC(Nc2nc3ccccc3n2Cc2ccco2)CC1. The summed E-state index contributed by atoms with van der Waals surface area (Å²) in [5.74, 6) is 1.80. The Morgan fingerprint density at radius 2 is 2.04 bits per heavy atom. The molecule has 1 fully saturated rings. The number of nitriles is 1. The van der Waals surface area contributed by atoms with Crippen molar-refractivity contribution >= 4 is 17.0 Å². The molecule has 0 atom stereocenters. The first-order chi connectivity index (χ1) is 12.3. The zero-order valence-corrected chi connectivity index (χ0v) is 14.1. The van der Waals surface area contributed by atoms with E-state index >= 15 is 0 Å². The fourth-order valence-corrected chi connectivity index (χ4v) is 3.42. The van der Waals surface area contributed by atoms with E-state index in [0.717, 1.165) is 48.7 Å². The zero-order valence-electron chi connectivity index (χ0n) is 14.1. The second-order valence-corrected chi connectivity index (χ2v) is 6.44. The minimum atomic E-state index is 0.377. The van der Waals surface area contributed by atoms with Crippen LogP contribution in [0.1, 0.15) is 18.6 Å². The predicted octanol–water partition coefficient (Wildman–Crippen LogP) is 3.08. The molecule has 3 aromatic rings. The molecule has 1 N–H and O–H groups in total. The Balaban J connectivity index is 1.56. The van der Waals surface area contributed by atoms with Gasteiger partial charge in [0.05, 0.1) is 36.5 Å². The van der Waals surface area contributed by atoms with Crippen molar-refractivity contribution in [2.75, 3.05) is 25.0 Å². The molecule has 0 bridgehead atoms. The maximum atomic E-state index is 8.83. The van der Waals surface area contributed by atoms with Crippen LogP contribution in [-0.4, -0.2) is 40.1 Å². The summed E-state index contributed by atoms with van der Waals surface area (Å²) in [6, 6.07) is 14.7. The fourth-order valence-electron chi connectivity index (χ4n) is 3.42. The molecule has 0 aliphatic carbocycles. The molecule has 1 aliphatic rings. The quantitative estimate of drug-likeness (QED) is 0.726. The Morgan fingerprint density at radius 1 is 1.20 bits per heavy atom. The second-order valence-electron chi connectivity index (χ2n) is 6.44. The van der Waals surface area contributed by atoms with Gasteiger partial charge in [0.1, 0.15) is 5.76 Å². The topological polar surface area (TPSA) is 70.0 Å². The number of piperidine rings is 1. The van der Waals surface area contributed by atoms with Crippen LogP contribution in [0.25, 0.3) is 11.0 Å². The summed E-state index contributed by atoms with van der Waals surface area (Å²) in [4.78, 5) is 6.99. The van der Waals surface area contributed by atoms with Gasteiger partial charge in [-0.2, -0.15) is 5.26 Å². The molecule has 1 saturated heterocycles. The van der Waals surface area contributed by atoms with Crippen molar-refractivity contribution in [3.63, 3.8) is 0 Å². The lowest BCUT2D eigenvalue weighted by Crippen LogP contribution is -2.39. The van der Waals surface area contributed by atoms with Gasteiger partial charge in [0.2, 0.25) is 5.95 Å². The molecule has 25 heavy (non-hydrogen) atoms. The van der Waals surface area contributed by atoms with Crippen LogP contribution in [0, 0.1) is 11.3 Å². The van der Waals surface area contributed by atoms with Crippen molar-refractivity contribution in [2.24, 2.45) is 0 Å². The Hall–Kier alpha value is -2.78. The number of furan rings is 1. The number of nitrogens with zero attached hydrogens (tertiary/aromatic N) is 4. The monoisotopic (exact) mass is 335 g/mol. The number of benzene rings is 1. The van der Waals surface area contributed by atoms with Crippen molar-refractivity contribution in [1.29, 1.82) is 5.26 Å². The molecule has 4 rings (SSSR count). The van der Waals surface area contributed by atoms with Crippen LogP contribution in [0.5, 0.6) is 0 Å². The van der Waals surface area contributed by atoms with E-state index in [-0.39, 0.29) is 0 Å². The number of hydrogen-bond acceptors (Lipinski definition) is 5. The molecule has 3 heterocycles. The van der Waals surface area contributed by atoms with Gasteiger partial charge in [-0.05, 0) is 37.1 Å². The summed E-state index contributed by atoms with van der Waals surface area (Å²) >= 11 is 0. The van der Waals surface area contributed by atoms with Gasteiger partial charge in [0.15, 0.2) is 0 Å². The van der Waals surface area contributed by atoms with E-state index in [1.165, 1.54) is 0 Å². The summed E-state index contributed by atoms with van der Waals surface area (Å²) in [6.45, 7) is 3.07. The van der Waals surface area contributed by atoms with E-state index in [1.807, 2.05) is 30.3 Å². The lowest BCUT2D eigenvalue weighted by molar-refractivity contribution is 0.242. The summed E-state index contributed by atoms with van der Waals surface area (Å²) in [7, 11) is 0. The summed E-state index contributed by atoms with van der Waals surface area (Å²) in [5, 5.41) is 12.4. The van der Waals surface area contributed by atoms with Crippen LogP contribution in [0.15, 0.2) is 47.1 Å². The number of aromatic nitrogens is 2. The number of fused-ring (bicyclic) bond motifs is 1. The maximum Gasteiger partial charge on any atom is 0.204 e.